The molecule has 0 aliphatic carbocycles. The van der Waals surface area contributed by atoms with Crippen LogP contribution in [-0.4, -0.2) is 34.2 Å². The average molecular weight is 497 g/mol. The maximum absolute atomic E-state index is 13.6. The first-order valence-electron chi connectivity index (χ1n) is 11.6. The van der Waals surface area contributed by atoms with Gasteiger partial charge in [0.05, 0.1) is 30.8 Å². The summed E-state index contributed by atoms with van der Waals surface area (Å²) in [6.07, 6.45) is 1.71. The number of carbonyl (C=O) groups excluding carboxylic acids is 1. The second-order valence-corrected chi connectivity index (χ2v) is 9.19. The van der Waals surface area contributed by atoms with Crippen LogP contribution in [0.1, 0.15) is 30.5 Å². The number of nitrogens with one attached hydrogen (secondary N) is 1. The summed E-state index contributed by atoms with van der Waals surface area (Å²) < 4.78 is 55.8. The summed E-state index contributed by atoms with van der Waals surface area (Å²) in [6, 6.07) is 16.2. The SMILES string of the molecule is CC(F)(F)CNC1CC(=O)N(c2ccc3c(cnn3Cc3ccc(F)cc3)c2)C1c1ccc(F)cc1. The predicted octanol–water partition coefficient (Wildman–Crippen LogP) is 5.45. The van der Waals surface area contributed by atoms with Gasteiger partial charge in [0.25, 0.3) is 5.92 Å². The number of anilines is 1. The number of fused-ring (bicyclic) bond motifs is 1. The topological polar surface area (TPSA) is 50.2 Å². The van der Waals surface area contributed by atoms with Crippen LogP contribution in [0.3, 0.4) is 0 Å². The van der Waals surface area contributed by atoms with E-state index < -0.39 is 30.4 Å². The number of amides is 1. The molecule has 0 radical (unpaired) electrons. The van der Waals surface area contributed by atoms with Crippen LogP contribution < -0.4 is 10.2 Å². The molecule has 1 aliphatic rings. The van der Waals surface area contributed by atoms with Crippen LogP contribution in [0.4, 0.5) is 23.2 Å². The lowest BCUT2D eigenvalue weighted by atomic mass is 9.99. The van der Waals surface area contributed by atoms with Crippen LogP contribution >= 0.6 is 0 Å². The first-order chi connectivity index (χ1) is 17.2. The Hall–Kier alpha value is -3.72. The lowest BCUT2D eigenvalue weighted by Gasteiger charge is -2.30. The maximum Gasteiger partial charge on any atom is 0.257 e. The summed E-state index contributed by atoms with van der Waals surface area (Å²) in [4.78, 5) is 14.7. The number of halogens is 4. The van der Waals surface area contributed by atoms with Crippen LogP contribution in [0.25, 0.3) is 10.9 Å². The molecular formula is C27H24F4N4O. The highest BCUT2D eigenvalue weighted by molar-refractivity contribution is 5.99. The van der Waals surface area contributed by atoms with E-state index in [4.69, 9.17) is 0 Å². The Morgan fingerprint density at radius 2 is 1.67 bits per heavy atom. The Morgan fingerprint density at radius 3 is 2.33 bits per heavy atom. The molecule has 9 heteroatoms. The normalized spacial score (nSPS) is 18.4. The van der Waals surface area contributed by atoms with Gasteiger partial charge in [0.1, 0.15) is 11.6 Å². The highest BCUT2D eigenvalue weighted by atomic mass is 19.3. The lowest BCUT2D eigenvalue weighted by Crippen LogP contribution is -2.41. The minimum atomic E-state index is -2.94. The van der Waals surface area contributed by atoms with E-state index in [0.717, 1.165) is 23.4 Å². The molecule has 2 unspecified atom stereocenters. The van der Waals surface area contributed by atoms with Crippen molar-refractivity contribution in [2.75, 3.05) is 11.4 Å². The minimum Gasteiger partial charge on any atom is -0.305 e. The van der Waals surface area contributed by atoms with Crippen molar-refractivity contribution >= 4 is 22.5 Å². The zero-order chi connectivity index (χ0) is 25.4. The van der Waals surface area contributed by atoms with Crippen molar-refractivity contribution in [3.05, 3.63) is 95.7 Å². The van der Waals surface area contributed by atoms with Gasteiger partial charge in [-0.2, -0.15) is 5.10 Å². The molecule has 5 nitrogen and oxygen atoms in total. The van der Waals surface area contributed by atoms with Crippen LogP contribution in [0.2, 0.25) is 0 Å². The Bertz CT molecular complexity index is 1380. The summed E-state index contributed by atoms with van der Waals surface area (Å²) in [5.74, 6) is -3.90. The molecule has 1 aliphatic heterocycles. The van der Waals surface area contributed by atoms with E-state index in [2.05, 4.69) is 10.4 Å². The zero-order valence-corrected chi connectivity index (χ0v) is 19.5. The van der Waals surface area contributed by atoms with Gasteiger partial charge in [0.15, 0.2) is 0 Å². The monoisotopic (exact) mass is 496 g/mol. The smallest absolute Gasteiger partial charge is 0.257 e. The van der Waals surface area contributed by atoms with Crippen molar-refractivity contribution in [1.29, 1.82) is 0 Å². The van der Waals surface area contributed by atoms with Gasteiger partial charge in [-0.05, 0) is 53.6 Å². The molecule has 4 aromatic rings. The fourth-order valence-corrected chi connectivity index (χ4v) is 4.69. The molecule has 1 N–H and O–H groups in total. The minimum absolute atomic E-state index is 0.0278. The van der Waals surface area contributed by atoms with Crippen molar-refractivity contribution < 1.29 is 22.4 Å². The van der Waals surface area contributed by atoms with Gasteiger partial charge in [0, 0.05) is 30.5 Å². The number of nitrogens with zero attached hydrogens (tertiary/aromatic N) is 3. The Labute approximate surface area is 205 Å². The van der Waals surface area contributed by atoms with E-state index in [-0.39, 0.29) is 18.1 Å². The van der Waals surface area contributed by atoms with Gasteiger partial charge in [-0.3, -0.25) is 9.48 Å². The Kier molecular flexibility index (Phi) is 6.26. The van der Waals surface area contributed by atoms with Crippen LogP contribution in [-0.2, 0) is 11.3 Å². The van der Waals surface area contributed by atoms with Crippen LogP contribution in [0.15, 0.2) is 72.9 Å². The highest BCUT2D eigenvalue weighted by Gasteiger charge is 2.42. The fraction of sp³-hybridized carbons (Fsp3) is 0.259. The number of rotatable bonds is 7. The number of hydrogen-bond donors (Lipinski definition) is 1. The van der Waals surface area contributed by atoms with E-state index in [1.165, 1.54) is 24.3 Å². The molecule has 0 bridgehead atoms. The number of carbonyl (C=O) groups is 1. The van der Waals surface area contributed by atoms with Crippen molar-refractivity contribution in [2.24, 2.45) is 0 Å². The second kappa shape index (κ2) is 9.39. The standard InChI is InChI=1S/C27H24F4N4O/c1-27(30,31)16-32-23-13-25(36)35(26(23)18-4-8-21(29)9-5-18)22-10-11-24-19(12-22)14-33-34(24)15-17-2-6-20(28)7-3-17/h2-12,14,23,26,32H,13,15-16H2,1H3. The first-order valence-corrected chi connectivity index (χ1v) is 11.6. The summed E-state index contributed by atoms with van der Waals surface area (Å²) in [7, 11) is 0. The van der Waals surface area contributed by atoms with E-state index in [1.807, 2.05) is 12.1 Å². The number of benzene rings is 3. The number of aromatic nitrogens is 2. The van der Waals surface area contributed by atoms with Gasteiger partial charge in [0.2, 0.25) is 5.91 Å². The largest absolute Gasteiger partial charge is 0.305 e. The van der Waals surface area contributed by atoms with Gasteiger partial charge >= 0.3 is 0 Å². The summed E-state index contributed by atoms with van der Waals surface area (Å²) >= 11 is 0. The van der Waals surface area contributed by atoms with E-state index in [1.54, 1.807) is 46.1 Å². The van der Waals surface area contributed by atoms with Crippen molar-refractivity contribution in [3.63, 3.8) is 0 Å². The summed E-state index contributed by atoms with van der Waals surface area (Å²) in [5, 5.41) is 8.07. The van der Waals surface area contributed by atoms with Crippen LogP contribution in [0, 0.1) is 11.6 Å². The Morgan fingerprint density at radius 1 is 1.00 bits per heavy atom. The molecule has 1 saturated heterocycles. The third kappa shape index (κ3) is 4.97. The molecular weight excluding hydrogens is 472 g/mol. The zero-order valence-electron chi connectivity index (χ0n) is 19.5. The third-order valence-corrected chi connectivity index (χ3v) is 6.36. The van der Waals surface area contributed by atoms with Crippen molar-refractivity contribution in [2.45, 2.75) is 37.9 Å². The summed E-state index contributed by atoms with van der Waals surface area (Å²) in [5.41, 5.74) is 2.95. The maximum atomic E-state index is 13.6. The molecule has 3 aromatic carbocycles. The number of hydrogen-bond acceptors (Lipinski definition) is 3. The van der Waals surface area contributed by atoms with Crippen LogP contribution in [0.5, 0.6) is 0 Å². The van der Waals surface area contributed by atoms with Gasteiger partial charge in [-0.25, -0.2) is 17.6 Å². The van der Waals surface area contributed by atoms with Gasteiger partial charge in [-0.15, -0.1) is 0 Å². The molecule has 2 heterocycles. The molecule has 1 amide bonds. The molecule has 186 valence electrons. The second-order valence-electron chi connectivity index (χ2n) is 9.19. The van der Waals surface area contributed by atoms with E-state index in [9.17, 15) is 22.4 Å². The summed E-state index contributed by atoms with van der Waals surface area (Å²) in [6.45, 7) is 0.686. The predicted molar refractivity (Wildman–Crippen MR) is 129 cm³/mol. The molecule has 2 atom stereocenters. The quantitative estimate of drug-likeness (QED) is 0.346. The molecule has 1 aromatic heterocycles. The highest BCUT2D eigenvalue weighted by Crippen LogP contribution is 2.39. The van der Waals surface area contributed by atoms with Gasteiger partial charge < -0.3 is 10.2 Å². The lowest BCUT2D eigenvalue weighted by molar-refractivity contribution is -0.117. The Balaban J connectivity index is 1.47. The van der Waals surface area contributed by atoms with E-state index >= 15 is 0 Å². The fourth-order valence-electron chi connectivity index (χ4n) is 4.69. The van der Waals surface area contributed by atoms with Crippen molar-refractivity contribution in [3.8, 4) is 0 Å². The molecule has 0 saturated carbocycles. The average Bonchev–Trinajstić information content (AvgIpc) is 3.39. The van der Waals surface area contributed by atoms with Crippen molar-refractivity contribution in [1.82, 2.24) is 15.1 Å². The molecule has 36 heavy (non-hydrogen) atoms. The molecule has 1 fully saturated rings. The molecule has 0 spiro atoms. The molecule has 5 rings (SSSR count). The number of alkyl halides is 2. The first kappa shape index (κ1) is 24.0. The van der Waals surface area contributed by atoms with Gasteiger partial charge in [-0.1, -0.05) is 24.3 Å². The third-order valence-electron chi connectivity index (χ3n) is 6.36. The van der Waals surface area contributed by atoms with E-state index in [0.29, 0.717) is 17.8 Å².